The predicted molar refractivity (Wildman–Crippen MR) is 68.2 cm³/mol. The minimum atomic E-state index is -1.09. The summed E-state index contributed by atoms with van der Waals surface area (Å²) in [4.78, 5) is 32.8. The Morgan fingerprint density at radius 1 is 1.17 bits per heavy atom. The zero-order chi connectivity index (χ0) is 13.5. The van der Waals surface area contributed by atoms with E-state index in [2.05, 4.69) is 21.2 Å². The Labute approximate surface area is 112 Å². The summed E-state index contributed by atoms with van der Waals surface area (Å²) in [5.74, 6) is -1.72. The van der Waals surface area contributed by atoms with Gasteiger partial charge in [-0.2, -0.15) is 0 Å². The maximum atomic E-state index is 11.4. The summed E-state index contributed by atoms with van der Waals surface area (Å²) >= 11 is 3.24. The Morgan fingerprint density at radius 2 is 1.83 bits per heavy atom. The maximum Gasteiger partial charge on any atom is 0.325 e. The van der Waals surface area contributed by atoms with Crippen LogP contribution in [0.4, 0.5) is 10.5 Å². The van der Waals surface area contributed by atoms with Crippen LogP contribution in [0.2, 0.25) is 0 Å². The molecular formula is C11H11BrN2O4. The first kappa shape index (κ1) is 14.2. The molecule has 0 atom stereocenters. The second kappa shape index (κ2) is 6.75. The van der Waals surface area contributed by atoms with Crippen LogP contribution in [-0.4, -0.2) is 23.0 Å². The van der Waals surface area contributed by atoms with E-state index in [0.29, 0.717) is 10.2 Å². The topological polar surface area (TPSA) is 95.5 Å². The van der Waals surface area contributed by atoms with Crippen molar-refractivity contribution >= 4 is 39.5 Å². The Hall–Kier alpha value is -1.89. The van der Waals surface area contributed by atoms with Crippen molar-refractivity contribution in [3.63, 3.8) is 0 Å². The van der Waals surface area contributed by atoms with Crippen LogP contribution in [-0.2, 0) is 9.59 Å². The van der Waals surface area contributed by atoms with E-state index >= 15 is 0 Å². The number of urea groups is 1. The summed E-state index contributed by atoms with van der Waals surface area (Å²) in [5.41, 5.74) is 0.515. The van der Waals surface area contributed by atoms with E-state index < -0.39 is 17.9 Å². The molecule has 0 aliphatic heterocycles. The molecule has 3 N–H and O–H groups in total. The van der Waals surface area contributed by atoms with E-state index in [9.17, 15) is 14.4 Å². The highest BCUT2D eigenvalue weighted by Crippen LogP contribution is 2.20. The lowest BCUT2D eigenvalue weighted by Crippen LogP contribution is -2.34. The van der Waals surface area contributed by atoms with Gasteiger partial charge in [0.25, 0.3) is 0 Å². The van der Waals surface area contributed by atoms with Crippen molar-refractivity contribution in [2.75, 3.05) is 5.32 Å². The van der Waals surface area contributed by atoms with Gasteiger partial charge >= 0.3 is 12.0 Å². The normalized spacial score (nSPS) is 9.61. The predicted octanol–water partition coefficient (Wildman–Crippen LogP) is 1.96. The first-order valence-corrected chi connectivity index (χ1v) is 5.85. The van der Waals surface area contributed by atoms with Crippen LogP contribution >= 0.6 is 15.9 Å². The number of para-hydroxylation sites is 1. The second-order valence-corrected chi connectivity index (χ2v) is 4.23. The van der Waals surface area contributed by atoms with E-state index in [-0.39, 0.29) is 12.8 Å². The molecule has 6 nitrogen and oxygen atoms in total. The Morgan fingerprint density at radius 3 is 2.44 bits per heavy atom. The monoisotopic (exact) mass is 314 g/mol. The number of nitrogens with one attached hydrogen (secondary N) is 2. The van der Waals surface area contributed by atoms with Crippen molar-refractivity contribution in [2.45, 2.75) is 12.8 Å². The third-order valence-electron chi connectivity index (χ3n) is 1.94. The first-order chi connectivity index (χ1) is 8.49. The van der Waals surface area contributed by atoms with E-state index in [0.717, 1.165) is 0 Å². The first-order valence-electron chi connectivity index (χ1n) is 5.06. The molecule has 96 valence electrons. The smallest absolute Gasteiger partial charge is 0.325 e. The fourth-order valence-electron chi connectivity index (χ4n) is 1.13. The van der Waals surface area contributed by atoms with Gasteiger partial charge in [-0.25, -0.2) is 4.79 Å². The molecule has 0 bridgehead atoms. The number of halogens is 1. The van der Waals surface area contributed by atoms with Gasteiger partial charge in [0.05, 0.1) is 12.1 Å². The number of carboxylic acids is 1. The number of anilines is 1. The average molecular weight is 315 g/mol. The largest absolute Gasteiger partial charge is 0.481 e. The van der Waals surface area contributed by atoms with Crippen LogP contribution in [0.25, 0.3) is 0 Å². The summed E-state index contributed by atoms with van der Waals surface area (Å²) < 4.78 is 0.679. The average Bonchev–Trinajstić information content (AvgIpc) is 2.29. The van der Waals surface area contributed by atoms with E-state index in [1.807, 2.05) is 5.32 Å². The number of hydrogen-bond acceptors (Lipinski definition) is 3. The molecule has 0 saturated heterocycles. The third kappa shape index (κ3) is 4.96. The van der Waals surface area contributed by atoms with Crippen LogP contribution in [0, 0.1) is 0 Å². The quantitative estimate of drug-likeness (QED) is 0.791. The highest BCUT2D eigenvalue weighted by Gasteiger charge is 2.10. The molecule has 0 aliphatic rings. The molecule has 0 saturated carbocycles. The number of carbonyl (C=O) groups is 3. The molecule has 0 aromatic heterocycles. The summed E-state index contributed by atoms with van der Waals surface area (Å²) in [6.45, 7) is 0. The molecule has 1 aromatic rings. The van der Waals surface area contributed by atoms with Gasteiger partial charge in [0.1, 0.15) is 0 Å². The SMILES string of the molecule is O=C(O)CCC(=O)NC(=O)Nc1ccccc1Br. The van der Waals surface area contributed by atoms with Crippen molar-refractivity contribution < 1.29 is 19.5 Å². The van der Waals surface area contributed by atoms with Crippen LogP contribution in [0.5, 0.6) is 0 Å². The second-order valence-electron chi connectivity index (χ2n) is 3.38. The summed E-state index contributed by atoms with van der Waals surface area (Å²) in [6.07, 6.45) is -0.549. The van der Waals surface area contributed by atoms with Crippen LogP contribution in [0.3, 0.4) is 0 Å². The number of amides is 3. The van der Waals surface area contributed by atoms with Crippen molar-refractivity contribution in [1.29, 1.82) is 0 Å². The number of carboxylic acid groups (broad SMARTS) is 1. The highest BCUT2D eigenvalue weighted by molar-refractivity contribution is 9.10. The Balaban J connectivity index is 2.45. The Bertz CT molecular complexity index is 476. The van der Waals surface area contributed by atoms with Gasteiger partial charge in [0.15, 0.2) is 0 Å². The van der Waals surface area contributed by atoms with Crippen molar-refractivity contribution in [3.05, 3.63) is 28.7 Å². The van der Waals surface area contributed by atoms with Gasteiger partial charge < -0.3 is 10.4 Å². The van der Waals surface area contributed by atoms with E-state index in [1.165, 1.54) is 0 Å². The number of benzene rings is 1. The zero-order valence-electron chi connectivity index (χ0n) is 9.27. The minimum absolute atomic E-state index is 0.237. The van der Waals surface area contributed by atoms with Gasteiger partial charge in [-0.15, -0.1) is 0 Å². The molecule has 1 rings (SSSR count). The van der Waals surface area contributed by atoms with E-state index in [4.69, 9.17) is 5.11 Å². The summed E-state index contributed by atoms with van der Waals surface area (Å²) in [5, 5.41) is 12.9. The number of aliphatic carboxylic acids is 1. The molecule has 1 aromatic carbocycles. The fraction of sp³-hybridized carbons (Fsp3) is 0.182. The van der Waals surface area contributed by atoms with Crippen LogP contribution < -0.4 is 10.6 Å². The maximum absolute atomic E-state index is 11.4. The summed E-state index contributed by atoms with van der Waals surface area (Å²) in [6, 6.07) is 6.21. The Kier molecular flexibility index (Phi) is 5.31. The molecule has 18 heavy (non-hydrogen) atoms. The zero-order valence-corrected chi connectivity index (χ0v) is 10.9. The number of rotatable bonds is 4. The van der Waals surface area contributed by atoms with Crippen LogP contribution in [0.1, 0.15) is 12.8 Å². The third-order valence-corrected chi connectivity index (χ3v) is 2.63. The standard InChI is InChI=1S/C11H11BrN2O4/c12-7-3-1-2-4-8(7)13-11(18)14-9(15)5-6-10(16)17/h1-4H,5-6H2,(H,16,17)(H2,13,14,15,18). The fourth-order valence-corrected chi connectivity index (χ4v) is 1.51. The van der Waals surface area contributed by atoms with Crippen molar-refractivity contribution in [2.24, 2.45) is 0 Å². The van der Waals surface area contributed by atoms with Gasteiger partial charge in [-0.1, -0.05) is 12.1 Å². The highest BCUT2D eigenvalue weighted by atomic mass is 79.9. The van der Waals surface area contributed by atoms with Gasteiger partial charge in [-0.05, 0) is 28.1 Å². The molecule has 0 unspecified atom stereocenters. The van der Waals surface area contributed by atoms with Gasteiger partial charge in [0.2, 0.25) is 5.91 Å². The number of imide groups is 1. The molecule has 0 heterocycles. The van der Waals surface area contributed by atoms with Crippen molar-refractivity contribution in [1.82, 2.24) is 5.32 Å². The molecule has 0 spiro atoms. The number of carbonyl (C=O) groups excluding carboxylic acids is 2. The lowest BCUT2D eigenvalue weighted by atomic mass is 10.3. The summed E-state index contributed by atoms with van der Waals surface area (Å²) in [7, 11) is 0. The minimum Gasteiger partial charge on any atom is -0.481 e. The van der Waals surface area contributed by atoms with Crippen LogP contribution in [0.15, 0.2) is 28.7 Å². The lowest BCUT2D eigenvalue weighted by Gasteiger charge is -2.07. The molecule has 7 heteroatoms. The van der Waals surface area contributed by atoms with Gasteiger partial charge in [-0.3, -0.25) is 14.9 Å². The molecule has 0 radical (unpaired) electrons. The lowest BCUT2D eigenvalue weighted by molar-refractivity contribution is -0.138. The molecule has 0 fully saturated rings. The van der Waals surface area contributed by atoms with Crippen molar-refractivity contribution in [3.8, 4) is 0 Å². The molecular weight excluding hydrogens is 304 g/mol. The molecule has 3 amide bonds. The van der Waals surface area contributed by atoms with E-state index in [1.54, 1.807) is 24.3 Å². The number of hydrogen-bond donors (Lipinski definition) is 3. The molecule has 0 aliphatic carbocycles. The van der Waals surface area contributed by atoms with Gasteiger partial charge in [0, 0.05) is 10.9 Å².